The summed E-state index contributed by atoms with van der Waals surface area (Å²) in [6.45, 7) is 9.91. The summed E-state index contributed by atoms with van der Waals surface area (Å²) in [5.41, 5.74) is 7.00. The average Bonchev–Trinajstić information content (AvgIpc) is 2.70. The third-order valence-electron chi connectivity index (χ3n) is 4.96. The number of rotatable bonds is 8. The highest BCUT2D eigenvalue weighted by atomic mass is 35.5. The van der Waals surface area contributed by atoms with Crippen molar-refractivity contribution >= 4 is 17.3 Å². The molecule has 3 rings (SSSR count). The summed E-state index contributed by atoms with van der Waals surface area (Å²) in [6.07, 6.45) is 0. The first-order valence-corrected chi connectivity index (χ1v) is 10.3. The Labute approximate surface area is 178 Å². The van der Waals surface area contributed by atoms with Crippen molar-refractivity contribution in [3.8, 4) is 11.5 Å². The number of ether oxygens (including phenoxy) is 2. The largest absolute Gasteiger partial charge is 0.490 e. The third-order valence-corrected chi connectivity index (χ3v) is 5.24. The number of halogens is 1. The Morgan fingerprint density at radius 3 is 2.38 bits per heavy atom. The molecule has 3 aromatic carbocycles. The van der Waals surface area contributed by atoms with E-state index in [4.69, 9.17) is 21.1 Å². The van der Waals surface area contributed by atoms with E-state index in [0.717, 1.165) is 16.8 Å². The van der Waals surface area contributed by atoms with Gasteiger partial charge in [-0.25, -0.2) is 0 Å². The van der Waals surface area contributed by atoms with Gasteiger partial charge in [0, 0.05) is 12.2 Å². The van der Waals surface area contributed by atoms with Crippen LogP contribution in [-0.2, 0) is 13.2 Å². The molecule has 0 bridgehead atoms. The Bertz CT molecular complexity index is 967. The number of aryl methyl sites for hydroxylation is 2. The summed E-state index contributed by atoms with van der Waals surface area (Å²) < 4.78 is 11.8. The Balaban J connectivity index is 1.76. The number of nitrogens with one attached hydrogen (secondary N) is 1. The second-order valence-electron chi connectivity index (χ2n) is 7.21. The summed E-state index contributed by atoms with van der Waals surface area (Å²) in [6, 6.07) is 18.5. The predicted octanol–water partition coefficient (Wildman–Crippen LogP) is 6.86. The highest BCUT2D eigenvalue weighted by molar-refractivity contribution is 6.32. The quantitative estimate of drug-likeness (QED) is 0.441. The van der Waals surface area contributed by atoms with Crippen LogP contribution in [-0.4, -0.2) is 6.61 Å². The smallest absolute Gasteiger partial charge is 0.180 e. The summed E-state index contributed by atoms with van der Waals surface area (Å²) in [4.78, 5) is 0. The van der Waals surface area contributed by atoms with Crippen molar-refractivity contribution in [3.63, 3.8) is 0 Å². The molecule has 0 amide bonds. The molecule has 3 aromatic rings. The molecule has 0 aliphatic heterocycles. The molecule has 152 valence electrons. The molecule has 0 radical (unpaired) electrons. The first-order valence-electron chi connectivity index (χ1n) is 9.91. The number of hydrogen-bond donors (Lipinski definition) is 1. The molecule has 0 saturated heterocycles. The van der Waals surface area contributed by atoms with Gasteiger partial charge in [-0.1, -0.05) is 53.6 Å². The van der Waals surface area contributed by atoms with Gasteiger partial charge in [0.25, 0.3) is 0 Å². The predicted molar refractivity (Wildman–Crippen MR) is 121 cm³/mol. The number of hydrogen-bond acceptors (Lipinski definition) is 3. The van der Waals surface area contributed by atoms with Crippen molar-refractivity contribution < 1.29 is 9.47 Å². The van der Waals surface area contributed by atoms with Crippen molar-refractivity contribution in [3.05, 3.63) is 87.4 Å². The molecule has 0 aromatic heterocycles. The lowest BCUT2D eigenvalue weighted by atomic mass is 10.1. The van der Waals surface area contributed by atoms with Gasteiger partial charge in [0.05, 0.1) is 11.6 Å². The zero-order chi connectivity index (χ0) is 20.8. The molecule has 0 saturated carbocycles. The van der Waals surface area contributed by atoms with Crippen LogP contribution in [0, 0.1) is 20.8 Å². The molecule has 0 aliphatic rings. The fourth-order valence-electron chi connectivity index (χ4n) is 3.11. The van der Waals surface area contributed by atoms with Gasteiger partial charge in [0.1, 0.15) is 6.61 Å². The maximum Gasteiger partial charge on any atom is 0.180 e. The van der Waals surface area contributed by atoms with Crippen LogP contribution in [0.15, 0.2) is 54.6 Å². The summed E-state index contributed by atoms with van der Waals surface area (Å²) >= 11 is 6.57. The molecule has 0 heterocycles. The van der Waals surface area contributed by atoms with Crippen LogP contribution < -0.4 is 14.8 Å². The van der Waals surface area contributed by atoms with Crippen molar-refractivity contribution in [2.24, 2.45) is 0 Å². The minimum atomic E-state index is 0.445. The van der Waals surface area contributed by atoms with E-state index in [1.54, 1.807) is 0 Å². The van der Waals surface area contributed by atoms with E-state index in [1.165, 1.54) is 16.7 Å². The highest BCUT2D eigenvalue weighted by Gasteiger charge is 2.13. The standard InChI is InChI=1S/C25H28ClNO2/c1-5-28-24-14-21(15-27-23-8-6-7-18(3)19(23)4)13-22(26)25(24)29-16-20-11-9-17(2)10-12-20/h6-14,27H,5,15-16H2,1-4H3. The zero-order valence-corrected chi connectivity index (χ0v) is 18.3. The average molecular weight is 410 g/mol. The van der Waals surface area contributed by atoms with Gasteiger partial charge in [0.15, 0.2) is 11.5 Å². The Morgan fingerprint density at radius 2 is 1.66 bits per heavy atom. The Kier molecular flexibility index (Phi) is 7.05. The van der Waals surface area contributed by atoms with Crippen molar-refractivity contribution in [2.75, 3.05) is 11.9 Å². The lowest BCUT2D eigenvalue weighted by Gasteiger charge is -2.17. The van der Waals surface area contributed by atoms with Gasteiger partial charge in [-0.15, -0.1) is 0 Å². The molecule has 0 aliphatic carbocycles. The van der Waals surface area contributed by atoms with Gasteiger partial charge >= 0.3 is 0 Å². The molecule has 3 nitrogen and oxygen atoms in total. The first-order chi connectivity index (χ1) is 14.0. The minimum absolute atomic E-state index is 0.445. The molecule has 1 N–H and O–H groups in total. The first kappa shape index (κ1) is 21.1. The molecule has 0 spiro atoms. The molecule has 4 heteroatoms. The van der Waals surface area contributed by atoms with Crippen molar-refractivity contribution in [1.82, 2.24) is 0 Å². The molecule has 0 unspecified atom stereocenters. The van der Waals surface area contributed by atoms with E-state index in [0.29, 0.717) is 36.3 Å². The topological polar surface area (TPSA) is 30.5 Å². The van der Waals surface area contributed by atoms with E-state index in [-0.39, 0.29) is 0 Å². The van der Waals surface area contributed by atoms with Crippen LogP contribution in [0.3, 0.4) is 0 Å². The number of anilines is 1. The van der Waals surface area contributed by atoms with Crippen LogP contribution >= 0.6 is 11.6 Å². The van der Waals surface area contributed by atoms with E-state index in [9.17, 15) is 0 Å². The summed E-state index contributed by atoms with van der Waals surface area (Å²) in [5.74, 6) is 1.26. The van der Waals surface area contributed by atoms with Gasteiger partial charge in [-0.05, 0) is 68.1 Å². The van der Waals surface area contributed by atoms with Crippen LogP contribution in [0.5, 0.6) is 11.5 Å². The van der Waals surface area contributed by atoms with E-state index in [1.807, 2.05) is 19.1 Å². The van der Waals surface area contributed by atoms with Gasteiger partial charge in [-0.3, -0.25) is 0 Å². The normalized spacial score (nSPS) is 10.7. The van der Waals surface area contributed by atoms with Crippen LogP contribution in [0.25, 0.3) is 0 Å². The van der Waals surface area contributed by atoms with Crippen LogP contribution in [0.4, 0.5) is 5.69 Å². The number of benzene rings is 3. The highest BCUT2D eigenvalue weighted by Crippen LogP contribution is 2.37. The van der Waals surface area contributed by atoms with Gasteiger partial charge in [-0.2, -0.15) is 0 Å². The summed E-state index contributed by atoms with van der Waals surface area (Å²) in [7, 11) is 0. The molecule has 0 atom stereocenters. The van der Waals surface area contributed by atoms with Gasteiger partial charge < -0.3 is 14.8 Å². The Hall–Kier alpha value is -2.65. The van der Waals surface area contributed by atoms with Crippen molar-refractivity contribution in [2.45, 2.75) is 40.8 Å². The summed E-state index contributed by atoms with van der Waals surface area (Å²) in [5, 5.41) is 4.05. The maximum atomic E-state index is 6.57. The monoisotopic (exact) mass is 409 g/mol. The van der Waals surface area contributed by atoms with Crippen LogP contribution in [0.2, 0.25) is 5.02 Å². The SMILES string of the molecule is CCOc1cc(CNc2cccc(C)c2C)cc(Cl)c1OCc1ccc(C)cc1. The van der Waals surface area contributed by atoms with E-state index in [2.05, 4.69) is 68.6 Å². The lowest BCUT2D eigenvalue weighted by Crippen LogP contribution is -2.05. The van der Waals surface area contributed by atoms with E-state index < -0.39 is 0 Å². The molecule has 0 fully saturated rings. The lowest BCUT2D eigenvalue weighted by molar-refractivity contribution is 0.269. The molecular weight excluding hydrogens is 382 g/mol. The fourth-order valence-corrected chi connectivity index (χ4v) is 3.39. The molecular formula is C25H28ClNO2. The maximum absolute atomic E-state index is 6.57. The second kappa shape index (κ2) is 9.71. The minimum Gasteiger partial charge on any atom is -0.490 e. The second-order valence-corrected chi connectivity index (χ2v) is 7.62. The van der Waals surface area contributed by atoms with Gasteiger partial charge in [0.2, 0.25) is 0 Å². The van der Waals surface area contributed by atoms with E-state index >= 15 is 0 Å². The van der Waals surface area contributed by atoms with Crippen molar-refractivity contribution in [1.29, 1.82) is 0 Å². The molecule has 29 heavy (non-hydrogen) atoms. The Morgan fingerprint density at radius 1 is 0.897 bits per heavy atom. The zero-order valence-electron chi connectivity index (χ0n) is 17.5. The third kappa shape index (κ3) is 5.45. The van der Waals surface area contributed by atoms with Crippen LogP contribution in [0.1, 0.15) is 34.7 Å². The fraction of sp³-hybridized carbons (Fsp3) is 0.280.